The fraction of sp³-hybridized carbons (Fsp3) is 0.650. The minimum atomic E-state index is 0.232. The fourth-order valence-corrected chi connectivity index (χ4v) is 7.06. The molecule has 1 aromatic rings. The Bertz CT molecular complexity index is 614. The molecule has 116 valence electrons. The van der Waals surface area contributed by atoms with Gasteiger partial charge in [-0.15, -0.1) is 0 Å². The summed E-state index contributed by atoms with van der Waals surface area (Å²) in [5, 5.41) is 0. The van der Waals surface area contributed by atoms with Crippen molar-refractivity contribution in [2.45, 2.75) is 57.4 Å². The Hall–Kier alpha value is -1.15. The van der Waals surface area contributed by atoms with Gasteiger partial charge >= 0.3 is 6.41 Å². The summed E-state index contributed by atoms with van der Waals surface area (Å²) in [7, 11) is 0. The molecule has 22 heavy (non-hydrogen) atoms. The second-order valence-electron chi connectivity index (χ2n) is 8.66. The average molecular weight is 296 g/mol. The minimum Gasteiger partial charge on any atom is -0.233 e. The quantitative estimate of drug-likeness (QED) is 0.596. The summed E-state index contributed by atoms with van der Waals surface area (Å²) in [5.74, 6) is 2.69. The predicted molar refractivity (Wildman–Crippen MR) is 88.5 cm³/mol. The van der Waals surface area contributed by atoms with Crippen LogP contribution in [0.5, 0.6) is 0 Å². The number of aryl methyl sites for hydroxylation is 1. The van der Waals surface area contributed by atoms with Crippen molar-refractivity contribution >= 4 is 12.1 Å². The molecule has 0 radical (unpaired) electrons. The topological polar surface area (TPSA) is 17.1 Å². The van der Waals surface area contributed by atoms with E-state index in [1.165, 1.54) is 61.7 Å². The van der Waals surface area contributed by atoms with Gasteiger partial charge in [-0.05, 0) is 55.6 Å². The second-order valence-corrected chi connectivity index (χ2v) is 8.66. The summed E-state index contributed by atoms with van der Waals surface area (Å²) >= 11 is 0. The molecule has 2 heteroatoms. The van der Waals surface area contributed by atoms with E-state index in [4.69, 9.17) is 0 Å². The van der Waals surface area contributed by atoms with Crippen LogP contribution in [0.3, 0.4) is 0 Å². The molecule has 1 aliphatic heterocycles. The van der Waals surface area contributed by atoms with Gasteiger partial charge < -0.3 is 0 Å². The van der Waals surface area contributed by atoms with Gasteiger partial charge in [-0.3, -0.25) is 0 Å². The monoisotopic (exact) mass is 296 g/mol. The van der Waals surface area contributed by atoms with Crippen molar-refractivity contribution in [2.24, 2.45) is 17.8 Å². The van der Waals surface area contributed by atoms with E-state index < -0.39 is 0 Å². The molecule has 0 aromatic heterocycles. The van der Waals surface area contributed by atoms with Gasteiger partial charge in [0.1, 0.15) is 11.2 Å². The van der Waals surface area contributed by atoms with Crippen molar-refractivity contribution in [2.75, 3.05) is 6.54 Å². The van der Waals surface area contributed by atoms with Crippen molar-refractivity contribution in [3.05, 3.63) is 29.3 Å². The number of carbonyl (C=O) groups is 1. The van der Waals surface area contributed by atoms with Crippen LogP contribution in [0.2, 0.25) is 0 Å². The van der Waals surface area contributed by atoms with E-state index >= 15 is 0 Å². The highest BCUT2D eigenvalue weighted by molar-refractivity contribution is 5.77. The third-order valence-corrected chi connectivity index (χ3v) is 7.56. The molecule has 4 bridgehead atoms. The molecule has 0 spiro atoms. The first-order valence-electron chi connectivity index (χ1n) is 9.09. The number of carbonyl (C=O) groups excluding carboxylic acids is 1. The Morgan fingerprint density at radius 3 is 2.32 bits per heavy atom. The Kier molecular flexibility index (Phi) is 2.56. The number of benzene rings is 1. The van der Waals surface area contributed by atoms with Gasteiger partial charge in [0.25, 0.3) is 0 Å². The van der Waals surface area contributed by atoms with E-state index in [9.17, 15) is 4.79 Å². The van der Waals surface area contributed by atoms with Crippen LogP contribution in [0.25, 0.3) is 0 Å². The van der Waals surface area contributed by atoms with Gasteiger partial charge in [0.2, 0.25) is 0 Å². The SMILES string of the molecule is Cc1cccc2c1CC[N+]2(C=O)C12CC3CC(CC(C3)C1)C2. The van der Waals surface area contributed by atoms with E-state index in [1.807, 2.05) is 0 Å². The molecule has 4 aliphatic carbocycles. The highest BCUT2D eigenvalue weighted by Crippen LogP contribution is 2.61. The van der Waals surface area contributed by atoms with Crippen molar-refractivity contribution in [3.8, 4) is 0 Å². The summed E-state index contributed by atoms with van der Waals surface area (Å²) in [6.45, 7) is 3.22. The zero-order chi connectivity index (χ0) is 14.9. The average Bonchev–Trinajstić information content (AvgIpc) is 2.87. The summed E-state index contributed by atoms with van der Waals surface area (Å²) < 4.78 is 0.660. The molecule has 1 heterocycles. The van der Waals surface area contributed by atoms with Crippen LogP contribution >= 0.6 is 0 Å². The van der Waals surface area contributed by atoms with Crippen molar-refractivity contribution < 1.29 is 4.79 Å². The molecule has 1 unspecified atom stereocenters. The molecule has 4 saturated carbocycles. The first kappa shape index (κ1) is 13.3. The van der Waals surface area contributed by atoms with Gasteiger partial charge in [0.15, 0.2) is 0 Å². The molecule has 1 amide bonds. The Labute approximate surface area is 133 Å². The lowest BCUT2D eigenvalue weighted by atomic mass is 9.52. The number of nitrogens with zero attached hydrogens (tertiary/aromatic N) is 1. The van der Waals surface area contributed by atoms with Crippen LogP contribution < -0.4 is 4.48 Å². The second kappa shape index (κ2) is 4.23. The summed E-state index contributed by atoms with van der Waals surface area (Å²) in [5.41, 5.74) is 4.42. The lowest BCUT2D eigenvalue weighted by Crippen LogP contribution is -2.70. The Morgan fingerprint density at radius 2 is 1.73 bits per heavy atom. The van der Waals surface area contributed by atoms with Crippen molar-refractivity contribution in [1.82, 2.24) is 4.48 Å². The van der Waals surface area contributed by atoms with Crippen molar-refractivity contribution in [1.29, 1.82) is 0 Å². The highest BCUT2D eigenvalue weighted by atomic mass is 16.1. The van der Waals surface area contributed by atoms with Gasteiger partial charge in [-0.2, -0.15) is 0 Å². The molecule has 2 nitrogen and oxygen atoms in total. The molecule has 6 rings (SSSR count). The van der Waals surface area contributed by atoms with Crippen LogP contribution in [0.4, 0.5) is 5.69 Å². The maximum atomic E-state index is 12.5. The third-order valence-electron chi connectivity index (χ3n) is 7.56. The number of rotatable bonds is 2. The van der Waals surface area contributed by atoms with E-state index in [0.717, 1.165) is 30.7 Å². The largest absolute Gasteiger partial charge is 0.307 e. The zero-order valence-electron chi connectivity index (χ0n) is 13.6. The van der Waals surface area contributed by atoms with Crippen molar-refractivity contribution in [3.63, 3.8) is 0 Å². The third kappa shape index (κ3) is 1.47. The number of fused-ring (bicyclic) bond motifs is 1. The van der Waals surface area contributed by atoms with Gasteiger partial charge in [-0.1, -0.05) is 12.1 Å². The first-order chi connectivity index (χ1) is 10.7. The number of quaternary nitrogens is 1. The van der Waals surface area contributed by atoms with Gasteiger partial charge in [0.05, 0.1) is 6.54 Å². The summed E-state index contributed by atoms with van der Waals surface area (Å²) in [4.78, 5) is 12.5. The maximum Gasteiger partial charge on any atom is 0.307 e. The van der Waals surface area contributed by atoms with Crippen LogP contribution in [-0.4, -0.2) is 18.5 Å². The number of hydrogen-bond donors (Lipinski definition) is 0. The molecule has 0 saturated heterocycles. The molecule has 0 N–H and O–H groups in total. The molecule has 5 aliphatic rings. The molecule has 1 aromatic carbocycles. The molecule has 4 fully saturated rings. The lowest BCUT2D eigenvalue weighted by molar-refractivity contribution is -0.134. The zero-order valence-corrected chi connectivity index (χ0v) is 13.6. The predicted octanol–water partition coefficient (Wildman–Crippen LogP) is 3.98. The summed E-state index contributed by atoms with van der Waals surface area (Å²) in [6.07, 6.45) is 10.6. The van der Waals surface area contributed by atoms with Crippen LogP contribution in [-0.2, 0) is 11.2 Å². The van der Waals surface area contributed by atoms with Crippen LogP contribution in [0.15, 0.2) is 18.2 Å². The molecular weight excluding hydrogens is 270 g/mol. The standard InChI is InChI=1S/C20H26NO/c1-14-3-2-4-19-18(14)5-6-21(19,13-22)20-10-15-7-16(11-20)9-17(8-15)12-20/h2-4,13,15-17H,5-12H2,1H3/q+1. The Morgan fingerprint density at radius 1 is 1.09 bits per heavy atom. The minimum absolute atomic E-state index is 0.232. The lowest BCUT2D eigenvalue weighted by Gasteiger charge is -2.60. The van der Waals surface area contributed by atoms with E-state index in [0.29, 0.717) is 4.48 Å². The fourth-order valence-electron chi connectivity index (χ4n) is 7.06. The van der Waals surface area contributed by atoms with E-state index in [1.54, 1.807) is 0 Å². The summed E-state index contributed by atoms with van der Waals surface area (Å²) in [6, 6.07) is 6.63. The van der Waals surface area contributed by atoms with Crippen LogP contribution in [0, 0.1) is 24.7 Å². The Balaban J connectivity index is 1.68. The highest BCUT2D eigenvalue weighted by Gasteiger charge is 2.63. The van der Waals surface area contributed by atoms with E-state index in [-0.39, 0.29) is 5.54 Å². The smallest absolute Gasteiger partial charge is 0.233 e. The van der Waals surface area contributed by atoms with Crippen LogP contribution in [0.1, 0.15) is 49.7 Å². The number of amides is 1. The normalized spacial score (nSPS) is 45.0. The first-order valence-corrected chi connectivity index (χ1v) is 9.09. The van der Waals surface area contributed by atoms with Gasteiger partial charge in [0, 0.05) is 31.2 Å². The molecule has 1 atom stereocenters. The van der Waals surface area contributed by atoms with Gasteiger partial charge in [-0.25, -0.2) is 9.28 Å². The number of hydrogen-bond acceptors (Lipinski definition) is 1. The van der Waals surface area contributed by atoms with E-state index in [2.05, 4.69) is 25.1 Å². The maximum absolute atomic E-state index is 12.5. The molecular formula is C20H26NO+.